The lowest BCUT2D eigenvalue weighted by atomic mass is 10.4. The van der Waals surface area contributed by atoms with Gasteiger partial charge in [0.05, 0.1) is 5.51 Å². The molecule has 0 radical (unpaired) electrons. The van der Waals surface area contributed by atoms with Crippen LogP contribution in [-0.2, 0) is 0 Å². The van der Waals surface area contributed by atoms with Crippen LogP contribution in [-0.4, -0.2) is 22.4 Å². The zero-order valence-corrected chi connectivity index (χ0v) is 9.68. The first-order valence-corrected chi connectivity index (χ1v) is 6.38. The maximum Gasteiger partial charge on any atom is 0.181 e. The SMILES string of the molecule is CSC1(C)N=CC=CN1c1cscn1. The minimum atomic E-state index is -0.261. The van der Waals surface area contributed by atoms with Crippen LogP contribution in [0.4, 0.5) is 5.82 Å². The summed E-state index contributed by atoms with van der Waals surface area (Å²) in [5.41, 5.74) is 1.84. The van der Waals surface area contributed by atoms with E-state index < -0.39 is 0 Å². The molecule has 2 rings (SSSR count). The second-order valence-electron chi connectivity index (χ2n) is 2.97. The smallest absolute Gasteiger partial charge is 0.181 e. The molecule has 0 saturated heterocycles. The van der Waals surface area contributed by atoms with Crippen LogP contribution in [0.15, 0.2) is 28.2 Å². The molecule has 1 aliphatic rings. The van der Waals surface area contributed by atoms with Crippen molar-refractivity contribution < 1.29 is 0 Å². The van der Waals surface area contributed by atoms with E-state index in [1.807, 2.05) is 29.4 Å². The van der Waals surface area contributed by atoms with Gasteiger partial charge in [0.1, 0.15) is 5.82 Å². The van der Waals surface area contributed by atoms with E-state index in [2.05, 4.69) is 28.1 Å². The molecule has 0 aromatic carbocycles. The van der Waals surface area contributed by atoms with Crippen LogP contribution in [0.25, 0.3) is 0 Å². The van der Waals surface area contributed by atoms with Crippen LogP contribution < -0.4 is 4.90 Å². The summed E-state index contributed by atoms with van der Waals surface area (Å²) in [5.74, 6) is 0.958. The highest BCUT2D eigenvalue weighted by Gasteiger charge is 2.31. The van der Waals surface area contributed by atoms with Gasteiger partial charge in [0, 0.05) is 17.8 Å². The van der Waals surface area contributed by atoms with Crippen LogP contribution in [0.3, 0.4) is 0 Å². The van der Waals surface area contributed by atoms with Crippen LogP contribution >= 0.6 is 23.1 Å². The molecule has 0 saturated carbocycles. The fourth-order valence-corrected chi connectivity index (χ4v) is 2.31. The Bertz CT molecular complexity index is 358. The molecule has 1 aliphatic heterocycles. The Hall–Kier alpha value is -0.810. The molecule has 0 amide bonds. The van der Waals surface area contributed by atoms with Crippen molar-refractivity contribution >= 4 is 35.1 Å². The summed E-state index contributed by atoms with van der Waals surface area (Å²) in [6.45, 7) is 2.08. The topological polar surface area (TPSA) is 28.5 Å². The van der Waals surface area contributed by atoms with Gasteiger partial charge in [0.15, 0.2) is 4.99 Å². The van der Waals surface area contributed by atoms with E-state index in [0.29, 0.717) is 0 Å². The molecule has 14 heavy (non-hydrogen) atoms. The highest BCUT2D eigenvalue weighted by Crippen LogP contribution is 2.34. The summed E-state index contributed by atoms with van der Waals surface area (Å²) in [7, 11) is 0. The lowest BCUT2D eigenvalue weighted by Crippen LogP contribution is -2.40. The Morgan fingerprint density at radius 3 is 3.07 bits per heavy atom. The number of allylic oxidation sites excluding steroid dienone is 1. The van der Waals surface area contributed by atoms with Crippen molar-refractivity contribution in [2.24, 2.45) is 4.99 Å². The number of rotatable bonds is 2. The average Bonchev–Trinajstić information content (AvgIpc) is 2.71. The van der Waals surface area contributed by atoms with E-state index >= 15 is 0 Å². The van der Waals surface area contributed by atoms with E-state index in [-0.39, 0.29) is 4.99 Å². The van der Waals surface area contributed by atoms with Crippen molar-refractivity contribution in [2.45, 2.75) is 11.9 Å². The fraction of sp³-hybridized carbons (Fsp3) is 0.333. The second-order valence-corrected chi connectivity index (χ2v) is 4.87. The number of thioether (sulfide) groups is 1. The van der Waals surface area contributed by atoms with Crippen molar-refractivity contribution in [1.82, 2.24) is 4.98 Å². The lowest BCUT2D eigenvalue weighted by Gasteiger charge is -2.35. The van der Waals surface area contributed by atoms with E-state index in [9.17, 15) is 0 Å². The number of anilines is 1. The summed E-state index contributed by atoms with van der Waals surface area (Å²) in [5, 5.41) is 2.03. The van der Waals surface area contributed by atoms with Crippen LogP contribution in [0, 0.1) is 0 Å². The van der Waals surface area contributed by atoms with Crippen molar-refractivity contribution in [2.75, 3.05) is 11.2 Å². The van der Waals surface area contributed by atoms with E-state index in [1.165, 1.54) is 0 Å². The van der Waals surface area contributed by atoms with E-state index in [0.717, 1.165) is 5.82 Å². The van der Waals surface area contributed by atoms with Gasteiger partial charge in [-0.05, 0) is 19.3 Å². The monoisotopic (exact) mass is 225 g/mol. The molecule has 0 bridgehead atoms. The molecule has 0 fully saturated rings. The standard InChI is InChI=1S/C9H11N3S2/c1-9(13-2)11-4-3-5-12(9)8-6-14-7-10-8/h3-7H,1-2H3. The van der Waals surface area contributed by atoms with Gasteiger partial charge in [0.25, 0.3) is 0 Å². The van der Waals surface area contributed by atoms with Crippen molar-refractivity contribution in [1.29, 1.82) is 0 Å². The van der Waals surface area contributed by atoms with Gasteiger partial charge < -0.3 is 0 Å². The third kappa shape index (κ3) is 1.57. The average molecular weight is 225 g/mol. The van der Waals surface area contributed by atoms with Crippen molar-refractivity contribution in [3.63, 3.8) is 0 Å². The molecule has 5 heteroatoms. The minimum absolute atomic E-state index is 0.261. The molecular formula is C9H11N3S2. The Kier molecular flexibility index (Phi) is 2.60. The predicted molar refractivity (Wildman–Crippen MR) is 64.1 cm³/mol. The molecule has 3 nitrogen and oxygen atoms in total. The minimum Gasteiger partial charge on any atom is -0.298 e. The van der Waals surface area contributed by atoms with Gasteiger partial charge in [-0.15, -0.1) is 23.1 Å². The second kappa shape index (κ2) is 3.74. The molecule has 0 N–H and O–H groups in total. The Morgan fingerprint density at radius 1 is 1.57 bits per heavy atom. The van der Waals surface area contributed by atoms with Crippen LogP contribution in [0.5, 0.6) is 0 Å². The predicted octanol–water partition coefficient (Wildman–Crippen LogP) is 2.58. The Balaban J connectivity index is 2.34. The molecular weight excluding hydrogens is 214 g/mol. The summed E-state index contributed by atoms with van der Waals surface area (Å²) < 4.78 is 0. The van der Waals surface area contributed by atoms with Gasteiger partial charge in [-0.2, -0.15) is 0 Å². The normalized spacial score (nSPS) is 25.7. The maximum atomic E-state index is 4.46. The number of aliphatic imine (C=N–C) groups is 1. The van der Waals surface area contributed by atoms with E-state index in [4.69, 9.17) is 0 Å². The lowest BCUT2D eigenvalue weighted by molar-refractivity contribution is 0.677. The largest absolute Gasteiger partial charge is 0.298 e. The van der Waals surface area contributed by atoms with Crippen LogP contribution in [0.1, 0.15) is 6.92 Å². The van der Waals surface area contributed by atoms with Gasteiger partial charge in [-0.1, -0.05) is 0 Å². The Morgan fingerprint density at radius 2 is 2.43 bits per heavy atom. The summed E-state index contributed by atoms with van der Waals surface area (Å²) in [6, 6.07) is 0. The summed E-state index contributed by atoms with van der Waals surface area (Å²) in [4.78, 5) is 10.6. The maximum absolute atomic E-state index is 4.46. The van der Waals surface area contributed by atoms with Crippen molar-refractivity contribution in [3.8, 4) is 0 Å². The number of aromatic nitrogens is 1. The molecule has 1 atom stereocenters. The zero-order chi connectivity index (χ0) is 10.0. The van der Waals surface area contributed by atoms with Gasteiger partial charge >= 0.3 is 0 Å². The van der Waals surface area contributed by atoms with E-state index in [1.54, 1.807) is 23.1 Å². The third-order valence-electron chi connectivity index (χ3n) is 2.14. The highest BCUT2D eigenvalue weighted by molar-refractivity contribution is 8.00. The first kappa shape index (κ1) is 9.73. The quantitative estimate of drug-likeness (QED) is 0.774. The highest BCUT2D eigenvalue weighted by atomic mass is 32.2. The number of thiazole rings is 1. The Labute approximate surface area is 91.6 Å². The number of hydrogen-bond donors (Lipinski definition) is 0. The fourth-order valence-electron chi connectivity index (χ4n) is 1.27. The molecule has 0 spiro atoms. The van der Waals surface area contributed by atoms with Crippen LogP contribution in [0.2, 0.25) is 0 Å². The van der Waals surface area contributed by atoms with Crippen molar-refractivity contribution in [3.05, 3.63) is 23.2 Å². The molecule has 2 heterocycles. The molecule has 1 aromatic heterocycles. The third-order valence-corrected chi connectivity index (χ3v) is 3.78. The molecule has 0 aliphatic carbocycles. The van der Waals surface area contributed by atoms with Gasteiger partial charge in [0.2, 0.25) is 0 Å². The summed E-state index contributed by atoms with van der Waals surface area (Å²) in [6.07, 6.45) is 7.82. The molecule has 74 valence electrons. The first-order chi connectivity index (χ1) is 6.76. The van der Waals surface area contributed by atoms with Gasteiger partial charge in [-0.25, -0.2) is 4.98 Å². The number of nitrogens with zero attached hydrogens (tertiary/aromatic N) is 3. The zero-order valence-electron chi connectivity index (χ0n) is 8.04. The van der Waals surface area contributed by atoms with Gasteiger partial charge in [-0.3, -0.25) is 9.89 Å². The first-order valence-electron chi connectivity index (χ1n) is 4.21. The molecule has 1 unspecified atom stereocenters. The number of hydrogen-bond acceptors (Lipinski definition) is 5. The molecule has 1 aromatic rings. The summed E-state index contributed by atoms with van der Waals surface area (Å²) >= 11 is 3.29.